The Bertz CT molecular complexity index is 595. The lowest BCUT2D eigenvalue weighted by molar-refractivity contribution is -0.384. The van der Waals surface area contributed by atoms with E-state index >= 15 is 0 Å². The van der Waals surface area contributed by atoms with Crippen LogP contribution in [0, 0.1) is 17.0 Å². The zero-order valence-corrected chi connectivity index (χ0v) is 11.7. The van der Waals surface area contributed by atoms with E-state index in [-0.39, 0.29) is 5.69 Å². The molecule has 5 nitrogen and oxygen atoms in total. The van der Waals surface area contributed by atoms with E-state index < -0.39 is 4.92 Å². The summed E-state index contributed by atoms with van der Waals surface area (Å²) in [5, 5.41) is 14.0. The van der Waals surface area contributed by atoms with Gasteiger partial charge in [-0.05, 0) is 31.0 Å². The van der Waals surface area contributed by atoms with E-state index in [1.807, 2.05) is 6.07 Å². The van der Waals surface area contributed by atoms with Gasteiger partial charge in [-0.1, -0.05) is 6.92 Å². The molecule has 0 aliphatic carbocycles. The van der Waals surface area contributed by atoms with Crippen LogP contribution < -0.4 is 5.32 Å². The number of pyridine rings is 1. The van der Waals surface area contributed by atoms with Crippen LogP contribution >= 0.6 is 11.3 Å². The first-order valence-electron chi connectivity index (χ1n) is 6.02. The second-order valence-electron chi connectivity index (χ2n) is 4.21. The van der Waals surface area contributed by atoms with Crippen molar-refractivity contribution in [3.63, 3.8) is 0 Å². The van der Waals surface area contributed by atoms with Crippen LogP contribution in [0.4, 0.5) is 11.5 Å². The number of aromatic nitrogens is 1. The van der Waals surface area contributed by atoms with Crippen LogP contribution in [0.1, 0.15) is 22.2 Å². The minimum absolute atomic E-state index is 0.0206. The normalized spacial score (nSPS) is 10.4. The highest BCUT2D eigenvalue weighted by atomic mass is 32.1. The van der Waals surface area contributed by atoms with Crippen molar-refractivity contribution in [3.05, 3.63) is 49.8 Å². The fraction of sp³-hybridized carbons (Fsp3) is 0.308. The van der Waals surface area contributed by atoms with E-state index in [4.69, 9.17) is 0 Å². The predicted molar refractivity (Wildman–Crippen MR) is 76.7 cm³/mol. The van der Waals surface area contributed by atoms with E-state index in [9.17, 15) is 10.1 Å². The topological polar surface area (TPSA) is 68.1 Å². The molecule has 2 aromatic rings. The molecule has 0 amide bonds. The van der Waals surface area contributed by atoms with Crippen LogP contribution in [0.3, 0.4) is 0 Å². The van der Waals surface area contributed by atoms with Crippen molar-refractivity contribution in [3.8, 4) is 0 Å². The number of nitrogens with one attached hydrogen (secondary N) is 1. The monoisotopic (exact) mass is 277 g/mol. The van der Waals surface area contributed by atoms with Crippen LogP contribution in [0.5, 0.6) is 0 Å². The van der Waals surface area contributed by atoms with Gasteiger partial charge in [-0.2, -0.15) is 0 Å². The fourth-order valence-corrected chi connectivity index (χ4v) is 2.60. The third kappa shape index (κ3) is 3.29. The van der Waals surface area contributed by atoms with E-state index in [0.717, 1.165) is 16.9 Å². The first-order chi connectivity index (χ1) is 9.10. The van der Waals surface area contributed by atoms with Crippen LogP contribution in [0.2, 0.25) is 0 Å². The van der Waals surface area contributed by atoms with Gasteiger partial charge >= 0.3 is 5.69 Å². The number of aryl methyl sites for hydroxylation is 2. The fourth-order valence-electron chi connectivity index (χ4n) is 1.71. The molecule has 2 heterocycles. The average molecular weight is 277 g/mol. The van der Waals surface area contributed by atoms with Crippen LogP contribution in [-0.4, -0.2) is 9.91 Å². The molecular weight excluding hydrogens is 262 g/mol. The maximum atomic E-state index is 11.0. The maximum absolute atomic E-state index is 11.0. The molecule has 2 aromatic heterocycles. The highest BCUT2D eigenvalue weighted by Crippen LogP contribution is 2.24. The molecule has 0 aliphatic rings. The third-order valence-corrected chi connectivity index (χ3v) is 3.93. The summed E-state index contributed by atoms with van der Waals surface area (Å²) in [6.07, 6.45) is 2.63. The molecule has 6 heteroatoms. The van der Waals surface area contributed by atoms with Crippen molar-refractivity contribution in [2.75, 3.05) is 5.32 Å². The molecule has 19 heavy (non-hydrogen) atoms. The summed E-state index contributed by atoms with van der Waals surface area (Å²) in [6.45, 7) is 4.45. The van der Waals surface area contributed by atoms with E-state index in [0.29, 0.717) is 12.4 Å². The van der Waals surface area contributed by atoms with E-state index in [2.05, 4.69) is 23.3 Å². The predicted octanol–water partition coefficient (Wildman–Crippen LogP) is 3.53. The minimum Gasteiger partial charge on any atom is -0.359 e. The molecule has 100 valence electrons. The Kier molecular flexibility index (Phi) is 4.11. The Hall–Kier alpha value is -1.95. The number of nitrogens with zero attached hydrogens (tertiary/aromatic N) is 2. The summed E-state index contributed by atoms with van der Waals surface area (Å²) >= 11 is 1.71. The molecule has 0 bridgehead atoms. The Morgan fingerprint density at radius 1 is 1.42 bits per heavy atom. The number of anilines is 1. The molecule has 0 atom stereocenters. The average Bonchev–Trinajstić information content (AvgIpc) is 2.85. The van der Waals surface area contributed by atoms with Crippen molar-refractivity contribution in [1.29, 1.82) is 0 Å². The largest absolute Gasteiger partial charge is 0.359 e. The standard InChI is InChI=1S/C13H15N3O2S/c1-3-10-4-5-11(19-10)8-15-13-12(16(17)18)6-9(2)7-14-13/h4-7H,3,8H2,1-2H3,(H,14,15). The smallest absolute Gasteiger partial charge is 0.311 e. The van der Waals surface area contributed by atoms with Gasteiger partial charge in [0.25, 0.3) is 0 Å². The van der Waals surface area contributed by atoms with Gasteiger partial charge in [0.15, 0.2) is 0 Å². The van der Waals surface area contributed by atoms with Gasteiger partial charge < -0.3 is 5.32 Å². The second kappa shape index (κ2) is 5.79. The SMILES string of the molecule is CCc1ccc(CNc2ncc(C)cc2[N+](=O)[O-])s1. The Morgan fingerprint density at radius 2 is 2.16 bits per heavy atom. The summed E-state index contributed by atoms with van der Waals surface area (Å²) in [7, 11) is 0. The number of rotatable bonds is 5. The van der Waals surface area contributed by atoms with Gasteiger partial charge in [0.05, 0.1) is 11.5 Å². The van der Waals surface area contributed by atoms with Crippen molar-refractivity contribution in [2.45, 2.75) is 26.8 Å². The maximum Gasteiger partial charge on any atom is 0.311 e. The van der Waals surface area contributed by atoms with Gasteiger partial charge in [-0.15, -0.1) is 11.3 Å². The second-order valence-corrected chi connectivity index (χ2v) is 5.47. The highest BCUT2D eigenvalue weighted by molar-refractivity contribution is 7.12. The van der Waals surface area contributed by atoms with Gasteiger partial charge in [0.2, 0.25) is 5.82 Å². The number of hydrogen-bond acceptors (Lipinski definition) is 5. The summed E-state index contributed by atoms with van der Waals surface area (Å²) in [5.74, 6) is 0.321. The number of hydrogen-bond donors (Lipinski definition) is 1. The van der Waals surface area contributed by atoms with Crippen LogP contribution in [-0.2, 0) is 13.0 Å². The molecule has 0 aliphatic heterocycles. The van der Waals surface area contributed by atoms with Crippen molar-refractivity contribution in [2.24, 2.45) is 0 Å². The first kappa shape index (κ1) is 13.5. The molecule has 1 N–H and O–H groups in total. The summed E-state index contributed by atoms with van der Waals surface area (Å²) in [4.78, 5) is 17.1. The van der Waals surface area contributed by atoms with E-state index in [1.165, 1.54) is 10.9 Å². The molecule has 0 radical (unpaired) electrons. The third-order valence-electron chi connectivity index (χ3n) is 2.70. The lowest BCUT2D eigenvalue weighted by Gasteiger charge is -2.05. The number of thiophene rings is 1. The summed E-state index contributed by atoms with van der Waals surface area (Å²) in [6, 6.07) is 5.65. The molecule has 0 spiro atoms. The molecule has 0 unspecified atom stereocenters. The molecule has 0 fully saturated rings. The summed E-state index contributed by atoms with van der Waals surface area (Å²) < 4.78 is 0. The summed E-state index contributed by atoms with van der Waals surface area (Å²) in [5.41, 5.74) is 0.800. The van der Waals surface area contributed by atoms with Crippen LogP contribution in [0.15, 0.2) is 24.4 Å². The van der Waals surface area contributed by atoms with Crippen molar-refractivity contribution >= 4 is 22.8 Å². The molecule has 2 rings (SSSR count). The van der Waals surface area contributed by atoms with Gasteiger partial charge in [0, 0.05) is 22.0 Å². The lowest BCUT2D eigenvalue weighted by Crippen LogP contribution is -2.04. The molecule has 0 aromatic carbocycles. The Balaban J connectivity index is 2.12. The zero-order chi connectivity index (χ0) is 13.8. The Labute approximate surface area is 115 Å². The van der Waals surface area contributed by atoms with Gasteiger partial charge in [-0.25, -0.2) is 4.98 Å². The molecular formula is C13H15N3O2S. The lowest BCUT2D eigenvalue weighted by atomic mass is 10.3. The van der Waals surface area contributed by atoms with E-state index in [1.54, 1.807) is 24.5 Å². The zero-order valence-electron chi connectivity index (χ0n) is 10.8. The quantitative estimate of drug-likeness (QED) is 0.670. The minimum atomic E-state index is -0.409. The van der Waals surface area contributed by atoms with Gasteiger partial charge in [0.1, 0.15) is 0 Å². The molecule has 0 saturated carbocycles. The van der Waals surface area contributed by atoms with Crippen molar-refractivity contribution < 1.29 is 4.92 Å². The van der Waals surface area contributed by atoms with Crippen molar-refractivity contribution in [1.82, 2.24) is 4.98 Å². The molecule has 0 saturated heterocycles. The van der Waals surface area contributed by atoms with Crippen LogP contribution in [0.25, 0.3) is 0 Å². The Morgan fingerprint density at radius 3 is 2.79 bits per heavy atom. The van der Waals surface area contributed by atoms with Gasteiger partial charge in [-0.3, -0.25) is 10.1 Å². The first-order valence-corrected chi connectivity index (χ1v) is 6.84. The highest BCUT2D eigenvalue weighted by Gasteiger charge is 2.15. The number of nitro groups is 1.